The van der Waals surface area contributed by atoms with Crippen LogP contribution in [0.15, 0.2) is 42.5 Å². The van der Waals surface area contributed by atoms with Crippen molar-refractivity contribution in [2.45, 2.75) is 12.8 Å². The van der Waals surface area contributed by atoms with Crippen molar-refractivity contribution in [3.63, 3.8) is 0 Å². The van der Waals surface area contributed by atoms with Crippen molar-refractivity contribution in [2.24, 2.45) is 0 Å². The lowest BCUT2D eigenvalue weighted by Gasteiger charge is -2.08. The van der Waals surface area contributed by atoms with E-state index in [1.54, 1.807) is 13.2 Å². The molecule has 2 aromatic carbocycles. The van der Waals surface area contributed by atoms with Gasteiger partial charge in [-0.3, -0.25) is 4.79 Å². The molecule has 0 bridgehead atoms. The molecule has 2 rings (SSSR count). The van der Waals surface area contributed by atoms with Gasteiger partial charge in [0.25, 0.3) is 0 Å². The second-order valence-corrected chi connectivity index (χ2v) is 4.58. The average Bonchev–Trinajstić information content (AvgIpc) is 2.52. The first-order chi connectivity index (χ1) is 10.2. The summed E-state index contributed by atoms with van der Waals surface area (Å²) in [6.45, 7) is 0. The van der Waals surface area contributed by atoms with Crippen LogP contribution in [0.25, 0.3) is 0 Å². The minimum absolute atomic E-state index is 0.109. The van der Waals surface area contributed by atoms with Crippen molar-refractivity contribution in [2.75, 3.05) is 14.2 Å². The Labute approximate surface area is 123 Å². The summed E-state index contributed by atoms with van der Waals surface area (Å²) >= 11 is 0. The quantitative estimate of drug-likeness (QED) is 0.761. The van der Waals surface area contributed by atoms with Gasteiger partial charge in [0.1, 0.15) is 5.75 Å². The summed E-state index contributed by atoms with van der Waals surface area (Å²) in [5, 5.41) is 0. The van der Waals surface area contributed by atoms with Crippen LogP contribution in [0.4, 0.5) is 4.39 Å². The van der Waals surface area contributed by atoms with Crippen molar-refractivity contribution >= 4 is 5.78 Å². The molecular formula is C17H17FO3. The van der Waals surface area contributed by atoms with Crippen molar-refractivity contribution in [3.8, 4) is 11.5 Å². The predicted octanol–water partition coefficient (Wildman–Crippen LogP) is 3.66. The zero-order valence-electron chi connectivity index (χ0n) is 12.1. The molecule has 0 N–H and O–H groups in total. The summed E-state index contributed by atoms with van der Waals surface area (Å²) in [4.78, 5) is 12.1. The SMILES string of the molecule is COc1ccc(C(=O)CCc2ccccc2OC)cc1F. The minimum Gasteiger partial charge on any atom is -0.496 e. The molecule has 0 amide bonds. The number of carbonyl (C=O) groups is 1. The highest BCUT2D eigenvalue weighted by Gasteiger charge is 2.11. The number of halogens is 1. The van der Waals surface area contributed by atoms with Crippen molar-refractivity contribution < 1.29 is 18.7 Å². The third-order valence-corrected chi connectivity index (χ3v) is 3.29. The van der Waals surface area contributed by atoms with E-state index in [0.717, 1.165) is 11.3 Å². The van der Waals surface area contributed by atoms with E-state index >= 15 is 0 Å². The number of carbonyl (C=O) groups excluding carboxylic acids is 1. The maximum Gasteiger partial charge on any atom is 0.165 e. The average molecular weight is 288 g/mol. The first-order valence-electron chi connectivity index (χ1n) is 6.64. The number of ether oxygens (including phenoxy) is 2. The van der Waals surface area contributed by atoms with Crippen LogP contribution in [0, 0.1) is 5.82 Å². The molecule has 0 aliphatic heterocycles. The normalized spacial score (nSPS) is 10.2. The molecular weight excluding hydrogens is 271 g/mol. The number of benzene rings is 2. The second-order valence-electron chi connectivity index (χ2n) is 4.58. The molecule has 4 heteroatoms. The van der Waals surface area contributed by atoms with Crippen molar-refractivity contribution in [1.82, 2.24) is 0 Å². The Kier molecular flexibility index (Phi) is 4.93. The molecule has 0 saturated carbocycles. The monoisotopic (exact) mass is 288 g/mol. The number of methoxy groups -OCH3 is 2. The Bertz CT molecular complexity index is 638. The lowest BCUT2D eigenvalue weighted by molar-refractivity contribution is 0.0982. The highest BCUT2D eigenvalue weighted by atomic mass is 19.1. The number of hydrogen-bond donors (Lipinski definition) is 0. The molecule has 2 aromatic rings. The zero-order chi connectivity index (χ0) is 15.2. The first-order valence-corrected chi connectivity index (χ1v) is 6.64. The van der Waals surface area contributed by atoms with E-state index in [9.17, 15) is 9.18 Å². The van der Waals surface area contributed by atoms with Crippen LogP contribution in [0.5, 0.6) is 11.5 Å². The van der Waals surface area contributed by atoms with Gasteiger partial charge in [0.2, 0.25) is 0 Å². The van der Waals surface area contributed by atoms with Gasteiger partial charge in [-0.1, -0.05) is 18.2 Å². The molecule has 3 nitrogen and oxygen atoms in total. The second kappa shape index (κ2) is 6.88. The molecule has 0 atom stereocenters. The summed E-state index contributed by atoms with van der Waals surface area (Å²) in [5.74, 6) is 0.255. The lowest BCUT2D eigenvalue weighted by Crippen LogP contribution is -2.03. The predicted molar refractivity (Wildman–Crippen MR) is 78.6 cm³/mol. The fourth-order valence-electron chi connectivity index (χ4n) is 2.14. The Balaban J connectivity index is 2.06. The molecule has 0 unspecified atom stereocenters. The third kappa shape index (κ3) is 3.60. The highest BCUT2D eigenvalue weighted by molar-refractivity contribution is 5.96. The fourth-order valence-corrected chi connectivity index (χ4v) is 2.14. The van der Waals surface area contributed by atoms with Crippen LogP contribution < -0.4 is 9.47 Å². The zero-order valence-corrected chi connectivity index (χ0v) is 12.1. The maximum atomic E-state index is 13.6. The van der Waals surface area contributed by atoms with Gasteiger partial charge in [-0.05, 0) is 36.2 Å². The van der Waals surface area contributed by atoms with Gasteiger partial charge >= 0.3 is 0 Å². The van der Waals surface area contributed by atoms with Gasteiger partial charge in [0.05, 0.1) is 14.2 Å². The summed E-state index contributed by atoms with van der Waals surface area (Å²) in [5.41, 5.74) is 1.31. The Morgan fingerprint density at radius 2 is 1.76 bits per heavy atom. The molecule has 0 heterocycles. The van der Waals surface area contributed by atoms with E-state index in [4.69, 9.17) is 9.47 Å². The van der Waals surface area contributed by atoms with Crippen LogP contribution in [-0.4, -0.2) is 20.0 Å². The minimum atomic E-state index is -0.527. The van der Waals surface area contributed by atoms with E-state index in [2.05, 4.69) is 0 Å². The number of para-hydroxylation sites is 1. The van der Waals surface area contributed by atoms with E-state index in [-0.39, 0.29) is 11.5 Å². The van der Waals surface area contributed by atoms with E-state index < -0.39 is 5.82 Å². The third-order valence-electron chi connectivity index (χ3n) is 3.29. The fraction of sp³-hybridized carbons (Fsp3) is 0.235. The van der Waals surface area contributed by atoms with E-state index in [0.29, 0.717) is 18.4 Å². The van der Waals surface area contributed by atoms with Crippen LogP contribution in [0.1, 0.15) is 22.3 Å². The van der Waals surface area contributed by atoms with Gasteiger partial charge in [-0.2, -0.15) is 0 Å². The summed E-state index contributed by atoms with van der Waals surface area (Å²) in [6, 6.07) is 11.8. The molecule has 0 aromatic heterocycles. The Morgan fingerprint density at radius 1 is 1.05 bits per heavy atom. The Hall–Kier alpha value is -2.36. The lowest BCUT2D eigenvalue weighted by atomic mass is 10.0. The van der Waals surface area contributed by atoms with E-state index in [1.165, 1.54) is 19.2 Å². The number of ketones is 1. The number of aryl methyl sites for hydroxylation is 1. The highest BCUT2D eigenvalue weighted by Crippen LogP contribution is 2.21. The van der Waals surface area contributed by atoms with Crippen LogP contribution in [-0.2, 0) is 6.42 Å². The standard InChI is InChI=1S/C17H17FO3/c1-20-16-6-4-3-5-12(16)7-9-15(19)13-8-10-17(21-2)14(18)11-13/h3-6,8,10-11H,7,9H2,1-2H3. The van der Waals surface area contributed by atoms with E-state index in [1.807, 2.05) is 24.3 Å². The van der Waals surface area contributed by atoms with Gasteiger partial charge < -0.3 is 9.47 Å². The molecule has 110 valence electrons. The molecule has 21 heavy (non-hydrogen) atoms. The van der Waals surface area contributed by atoms with Gasteiger partial charge in [0, 0.05) is 12.0 Å². The van der Waals surface area contributed by atoms with Crippen LogP contribution in [0.2, 0.25) is 0 Å². The molecule has 0 saturated heterocycles. The first kappa shape index (κ1) is 15.0. The summed E-state index contributed by atoms with van der Waals surface area (Å²) in [7, 11) is 2.99. The smallest absolute Gasteiger partial charge is 0.165 e. The summed E-state index contributed by atoms with van der Waals surface area (Å²) < 4.78 is 23.7. The largest absolute Gasteiger partial charge is 0.496 e. The maximum absolute atomic E-state index is 13.6. The van der Waals surface area contributed by atoms with Gasteiger partial charge in [-0.25, -0.2) is 4.39 Å². The molecule has 0 spiro atoms. The molecule has 0 aliphatic rings. The van der Waals surface area contributed by atoms with Gasteiger partial charge in [-0.15, -0.1) is 0 Å². The molecule has 0 radical (unpaired) electrons. The topological polar surface area (TPSA) is 35.5 Å². The molecule has 0 fully saturated rings. The van der Waals surface area contributed by atoms with Crippen LogP contribution in [0.3, 0.4) is 0 Å². The number of rotatable bonds is 6. The molecule has 0 aliphatic carbocycles. The summed E-state index contributed by atoms with van der Waals surface area (Å²) in [6.07, 6.45) is 0.850. The van der Waals surface area contributed by atoms with Crippen LogP contribution >= 0.6 is 0 Å². The van der Waals surface area contributed by atoms with Crippen molar-refractivity contribution in [1.29, 1.82) is 0 Å². The van der Waals surface area contributed by atoms with Crippen molar-refractivity contribution in [3.05, 3.63) is 59.4 Å². The Morgan fingerprint density at radius 3 is 2.43 bits per heavy atom. The number of Topliss-reactive ketones (excluding diaryl/α,β-unsaturated/α-hetero) is 1. The number of hydrogen-bond acceptors (Lipinski definition) is 3. The van der Waals surface area contributed by atoms with Gasteiger partial charge in [0.15, 0.2) is 17.3 Å².